The standard InChI is InChI=1S/C8H8FNO2/c9-6-10(8(11)12)7-4-2-1-3-5-7/h1-5H,6H2,(H,11,12). The highest BCUT2D eigenvalue weighted by Gasteiger charge is 2.11. The van der Waals surface area contributed by atoms with Crippen molar-refractivity contribution >= 4 is 11.8 Å². The number of hydrogen-bond donors (Lipinski definition) is 1. The predicted molar refractivity (Wildman–Crippen MR) is 42.9 cm³/mol. The minimum absolute atomic E-state index is 0.340. The number of nitrogens with zero attached hydrogens (tertiary/aromatic N) is 1. The van der Waals surface area contributed by atoms with E-state index in [1.165, 1.54) is 12.1 Å². The molecule has 0 radical (unpaired) electrons. The third-order valence-corrected chi connectivity index (χ3v) is 1.42. The fourth-order valence-corrected chi connectivity index (χ4v) is 0.839. The Morgan fingerprint density at radius 2 is 2.00 bits per heavy atom. The van der Waals surface area contributed by atoms with Gasteiger partial charge in [-0.2, -0.15) is 0 Å². The smallest absolute Gasteiger partial charge is 0.413 e. The zero-order valence-corrected chi connectivity index (χ0v) is 6.27. The minimum atomic E-state index is -1.29. The predicted octanol–water partition coefficient (Wildman–Crippen LogP) is 2.10. The second-order valence-corrected chi connectivity index (χ2v) is 2.17. The molecule has 0 aliphatic heterocycles. The van der Waals surface area contributed by atoms with Gasteiger partial charge in [0.15, 0.2) is 6.80 Å². The monoisotopic (exact) mass is 169 g/mol. The Bertz CT molecular complexity index is 263. The highest BCUT2D eigenvalue weighted by atomic mass is 19.1. The Morgan fingerprint density at radius 1 is 1.42 bits per heavy atom. The molecule has 0 saturated carbocycles. The average Bonchev–Trinajstić information content (AvgIpc) is 2.07. The number of halogens is 1. The highest BCUT2D eigenvalue weighted by molar-refractivity contribution is 5.85. The summed E-state index contributed by atoms with van der Waals surface area (Å²) in [6.07, 6.45) is -1.29. The number of anilines is 1. The molecule has 0 aliphatic carbocycles. The van der Waals surface area contributed by atoms with Gasteiger partial charge in [-0.25, -0.2) is 14.1 Å². The molecule has 0 aromatic heterocycles. The molecule has 0 unspecified atom stereocenters. The van der Waals surface area contributed by atoms with E-state index in [1.54, 1.807) is 18.2 Å². The lowest BCUT2D eigenvalue weighted by Crippen LogP contribution is -2.27. The first-order valence-corrected chi connectivity index (χ1v) is 3.37. The molecule has 1 aromatic carbocycles. The second kappa shape index (κ2) is 3.71. The van der Waals surface area contributed by atoms with Crippen molar-refractivity contribution in [1.82, 2.24) is 0 Å². The van der Waals surface area contributed by atoms with Crippen molar-refractivity contribution in [3.63, 3.8) is 0 Å². The quantitative estimate of drug-likeness (QED) is 0.688. The van der Waals surface area contributed by atoms with Crippen LogP contribution < -0.4 is 4.90 Å². The molecule has 0 heterocycles. The van der Waals surface area contributed by atoms with Gasteiger partial charge in [0.1, 0.15) is 0 Å². The lowest BCUT2D eigenvalue weighted by molar-refractivity contribution is 0.198. The van der Waals surface area contributed by atoms with Crippen LogP contribution in [0.1, 0.15) is 0 Å². The van der Waals surface area contributed by atoms with Crippen LogP contribution in [-0.4, -0.2) is 18.0 Å². The first kappa shape index (κ1) is 8.52. The summed E-state index contributed by atoms with van der Waals surface area (Å²) in [6, 6.07) is 8.12. The lowest BCUT2D eigenvalue weighted by atomic mass is 10.3. The van der Waals surface area contributed by atoms with Crippen LogP contribution in [0, 0.1) is 0 Å². The summed E-state index contributed by atoms with van der Waals surface area (Å²) >= 11 is 0. The van der Waals surface area contributed by atoms with Gasteiger partial charge in [-0.1, -0.05) is 18.2 Å². The van der Waals surface area contributed by atoms with Crippen molar-refractivity contribution in [2.75, 3.05) is 11.7 Å². The summed E-state index contributed by atoms with van der Waals surface area (Å²) in [7, 11) is 0. The van der Waals surface area contributed by atoms with E-state index in [1.807, 2.05) is 0 Å². The maximum absolute atomic E-state index is 12.1. The normalized spacial score (nSPS) is 9.42. The van der Waals surface area contributed by atoms with Crippen LogP contribution in [0.4, 0.5) is 14.9 Å². The fraction of sp³-hybridized carbons (Fsp3) is 0.125. The third-order valence-electron chi connectivity index (χ3n) is 1.42. The topological polar surface area (TPSA) is 40.5 Å². The maximum Gasteiger partial charge on any atom is 0.413 e. The second-order valence-electron chi connectivity index (χ2n) is 2.17. The van der Waals surface area contributed by atoms with Crippen molar-refractivity contribution in [1.29, 1.82) is 0 Å². The summed E-state index contributed by atoms with van der Waals surface area (Å²) in [5, 5.41) is 8.51. The summed E-state index contributed by atoms with van der Waals surface area (Å²) in [5.41, 5.74) is 0.340. The summed E-state index contributed by atoms with van der Waals surface area (Å²) < 4.78 is 12.1. The van der Waals surface area contributed by atoms with Crippen LogP contribution in [0.5, 0.6) is 0 Å². The first-order valence-electron chi connectivity index (χ1n) is 3.37. The van der Waals surface area contributed by atoms with E-state index in [-0.39, 0.29) is 0 Å². The Hall–Kier alpha value is -1.58. The number of amides is 1. The van der Waals surface area contributed by atoms with Gasteiger partial charge in [0.25, 0.3) is 0 Å². The SMILES string of the molecule is O=C(O)N(CF)c1ccccc1. The summed E-state index contributed by atoms with van der Waals surface area (Å²) in [6.45, 7) is -1.03. The molecule has 3 nitrogen and oxygen atoms in total. The highest BCUT2D eigenvalue weighted by Crippen LogP contribution is 2.12. The van der Waals surface area contributed by atoms with Gasteiger partial charge in [-0.15, -0.1) is 0 Å². The number of benzene rings is 1. The van der Waals surface area contributed by atoms with E-state index in [0.29, 0.717) is 10.6 Å². The molecule has 1 N–H and O–H groups in total. The van der Waals surface area contributed by atoms with Gasteiger partial charge >= 0.3 is 6.09 Å². The van der Waals surface area contributed by atoms with E-state index in [2.05, 4.69) is 0 Å². The van der Waals surface area contributed by atoms with E-state index >= 15 is 0 Å². The zero-order valence-electron chi connectivity index (χ0n) is 6.27. The Balaban J connectivity index is 2.88. The maximum atomic E-state index is 12.1. The zero-order chi connectivity index (χ0) is 8.97. The average molecular weight is 169 g/mol. The van der Waals surface area contributed by atoms with Gasteiger partial charge in [-0.3, -0.25) is 0 Å². The molecule has 0 aliphatic rings. The van der Waals surface area contributed by atoms with Crippen LogP contribution in [0.2, 0.25) is 0 Å². The van der Waals surface area contributed by atoms with Gasteiger partial charge in [0, 0.05) is 5.69 Å². The number of carbonyl (C=O) groups is 1. The van der Waals surface area contributed by atoms with E-state index in [9.17, 15) is 9.18 Å². The van der Waals surface area contributed by atoms with E-state index in [4.69, 9.17) is 5.11 Å². The molecule has 0 spiro atoms. The Morgan fingerprint density at radius 3 is 2.42 bits per heavy atom. The van der Waals surface area contributed by atoms with Crippen molar-refractivity contribution < 1.29 is 14.3 Å². The van der Waals surface area contributed by atoms with Crippen LogP contribution >= 0.6 is 0 Å². The Kier molecular flexibility index (Phi) is 2.63. The number of hydrogen-bond acceptors (Lipinski definition) is 1. The fourth-order valence-electron chi connectivity index (χ4n) is 0.839. The van der Waals surface area contributed by atoms with Gasteiger partial charge in [0.05, 0.1) is 0 Å². The van der Waals surface area contributed by atoms with Crippen LogP contribution in [0.25, 0.3) is 0 Å². The molecule has 64 valence electrons. The van der Waals surface area contributed by atoms with Crippen molar-refractivity contribution in [2.24, 2.45) is 0 Å². The molecule has 12 heavy (non-hydrogen) atoms. The van der Waals surface area contributed by atoms with Crippen molar-refractivity contribution in [3.8, 4) is 0 Å². The molecular formula is C8H8FNO2. The minimum Gasteiger partial charge on any atom is -0.465 e. The summed E-state index contributed by atoms with van der Waals surface area (Å²) in [4.78, 5) is 11.0. The molecule has 0 fully saturated rings. The molecule has 4 heteroatoms. The summed E-state index contributed by atoms with van der Waals surface area (Å²) in [5.74, 6) is 0. The van der Waals surface area contributed by atoms with Crippen molar-refractivity contribution in [3.05, 3.63) is 30.3 Å². The van der Waals surface area contributed by atoms with Gasteiger partial charge < -0.3 is 5.11 Å². The van der Waals surface area contributed by atoms with Crippen LogP contribution in [-0.2, 0) is 0 Å². The molecule has 1 aromatic rings. The van der Waals surface area contributed by atoms with Crippen molar-refractivity contribution in [2.45, 2.75) is 0 Å². The van der Waals surface area contributed by atoms with Gasteiger partial charge in [0.2, 0.25) is 0 Å². The lowest BCUT2D eigenvalue weighted by Gasteiger charge is -2.13. The van der Waals surface area contributed by atoms with Gasteiger partial charge in [-0.05, 0) is 12.1 Å². The molecule has 1 rings (SSSR count). The number of carboxylic acid groups (broad SMARTS) is 1. The third kappa shape index (κ3) is 1.72. The molecule has 1 amide bonds. The largest absolute Gasteiger partial charge is 0.465 e. The van der Waals surface area contributed by atoms with E-state index in [0.717, 1.165) is 0 Å². The van der Waals surface area contributed by atoms with Crippen LogP contribution in [0.15, 0.2) is 30.3 Å². The molecule has 0 bridgehead atoms. The number of alkyl halides is 1. The molecule has 0 saturated heterocycles. The number of para-hydroxylation sites is 1. The Labute approximate surface area is 69.0 Å². The first-order chi connectivity index (χ1) is 5.75. The molecular weight excluding hydrogens is 161 g/mol. The number of rotatable bonds is 2. The van der Waals surface area contributed by atoms with Crippen LogP contribution in [0.3, 0.4) is 0 Å². The molecule has 0 atom stereocenters. The van der Waals surface area contributed by atoms with E-state index < -0.39 is 12.9 Å².